The molecule has 5 atom stereocenters. The number of rotatable bonds is 5. The second-order valence-electron chi connectivity index (χ2n) is 10.4. The van der Waals surface area contributed by atoms with Crippen LogP contribution in [0.2, 0.25) is 0 Å². The van der Waals surface area contributed by atoms with Crippen molar-refractivity contribution < 1.29 is 38.0 Å². The van der Waals surface area contributed by atoms with Gasteiger partial charge in [-0.3, -0.25) is 4.79 Å². The average Bonchev–Trinajstić information content (AvgIpc) is 3.51. The number of hydrogen-bond acceptors (Lipinski definition) is 8. The molecule has 3 aromatic rings. The number of fused-ring (bicyclic) bond motifs is 4. The molecule has 1 aromatic carbocycles. The van der Waals surface area contributed by atoms with Gasteiger partial charge in [0.05, 0.1) is 16.8 Å². The molecule has 9 nitrogen and oxygen atoms in total. The van der Waals surface area contributed by atoms with Crippen molar-refractivity contribution in [3.8, 4) is 0 Å². The molecule has 0 unspecified atom stereocenters. The summed E-state index contributed by atoms with van der Waals surface area (Å²) < 4.78 is 37.7. The number of ketones is 1. The fraction of sp³-hybridized carbons (Fsp3) is 0.429. The lowest BCUT2D eigenvalue weighted by atomic mass is 9.99. The first-order valence-electron chi connectivity index (χ1n) is 12.4. The lowest BCUT2D eigenvalue weighted by molar-refractivity contribution is -0.240. The third kappa shape index (κ3) is 4.36. The van der Waals surface area contributed by atoms with E-state index in [1.807, 2.05) is 39.8 Å². The molecule has 3 fully saturated rings. The molecule has 0 spiro atoms. The number of nitrogens with zero attached hydrogens (tertiary/aromatic N) is 1. The summed E-state index contributed by atoms with van der Waals surface area (Å²) >= 11 is 0. The Morgan fingerprint density at radius 3 is 2.32 bits per heavy atom. The molecular formula is C28H29NO8. The number of esters is 1. The van der Waals surface area contributed by atoms with Gasteiger partial charge >= 0.3 is 5.97 Å². The van der Waals surface area contributed by atoms with Crippen LogP contribution >= 0.6 is 0 Å². The van der Waals surface area contributed by atoms with Gasteiger partial charge in [0.15, 0.2) is 17.9 Å². The van der Waals surface area contributed by atoms with E-state index < -0.39 is 48.2 Å². The van der Waals surface area contributed by atoms with Crippen molar-refractivity contribution in [3.63, 3.8) is 0 Å². The largest absolute Gasteiger partial charge is 0.459 e. The van der Waals surface area contributed by atoms with Gasteiger partial charge in [-0.15, -0.1) is 0 Å². The van der Waals surface area contributed by atoms with E-state index in [2.05, 4.69) is 0 Å². The van der Waals surface area contributed by atoms with Gasteiger partial charge in [0.25, 0.3) is 0 Å². The molecular weight excluding hydrogens is 478 g/mol. The summed E-state index contributed by atoms with van der Waals surface area (Å²) in [5, 5.41) is 0. The van der Waals surface area contributed by atoms with Crippen LogP contribution < -0.4 is 0 Å². The van der Waals surface area contributed by atoms with Gasteiger partial charge in [0, 0.05) is 11.8 Å². The fourth-order valence-electron chi connectivity index (χ4n) is 5.29. The van der Waals surface area contributed by atoms with Gasteiger partial charge in [-0.25, -0.2) is 4.79 Å². The van der Waals surface area contributed by atoms with Crippen molar-refractivity contribution in [1.29, 1.82) is 0 Å². The van der Waals surface area contributed by atoms with Crippen LogP contribution in [0.4, 0.5) is 0 Å². The summed E-state index contributed by atoms with van der Waals surface area (Å²) in [5.74, 6) is -2.45. The van der Waals surface area contributed by atoms with Crippen molar-refractivity contribution in [3.05, 3.63) is 77.6 Å². The van der Waals surface area contributed by atoms with Crippen molar-refractivity contribution in [1.82, 2.24) is 4.40 Å². The maximum atomic E-state index is 13.3. The lowest BCUT2D eigenvalue weighted by Gasteiger charge is -2.36. The van der Waals surface area contributed by atoms with E-state index in [0.717, 1.165) is 0 Å². The summed E-state index contributed by atoms with van der Waals surface area (Å²) in [6.45, 7) is 7.18. The quantitative estimate of drug-likeness (QED) is 0.381. The van der Waals surface area contributed by atoms with Gasteiger partial charge < -0.3 is 32.8 Å². The van der Waals surface area contributed by atoms with E-state index >= 15 is 0 Å². The number of carbonyl (C=O) groups is 2. The summed E-state index contributed by atoms with van der Waals surface area (Å²) in [4.78, 5) is 26.5. The third-order valence-corrected chi connectivity index (χ3v) is 6.79. The monoisotopic (exact) mass is 507 g/mol. The number of aromatic nitrogens is 1. The molecule has 0 amide bonds. The molecule has 0 N–H and O–H groups in total. The zero-order chi connectivity index (χ0) is 25.9. The predicted molar refractivity (Wildman–Crippen MR) is 130 cm³/mol. The molecule has 0 radical (unpaired) electrons. The molecule has 194 valence electrons. The van der Waals surface area contributed by atoms with E-state index in [9.17, 15) is 9.59 Å². The highest BCUT2D eigenvalue weighted by Crippen LogP contribution is 2.44. The SMILES string of the molecule is CC1(C)O[C@H]2[C@@H](O1)[C@@H](COC(=O)c1cc(C(=O)c3ccccc3)n3ccccc13)O[C@@H]1OC(C)(C)O[C@@H]12. The predicted octanol–water partition coefficient (Wildman–Crippen LogP) is 3.72. The second kappa shape index (κ2) is 8.75. The van der Waals surface area contributed by atoms with Gasteiger partial charge in [-0.1, -0.05) is 36.4 Å². The van der Waals surface area contributed by atoms with E-state index in [4.69, 9.17) is 28.4 Å². The normalized spacial score (nSPS) is 29.6. The van der Waals surface area contributed by atoms with Crippen LogP contribution in [0.5, 0.6) is 0 Å². The Balaban J connectivity index is 1.24. The molecule has 6 rings (SSSR count). The van der Waals surface area contributed by atoms with Crippen LogP contribution in [0, 0.1) is 0 Å². The summed E-state index contributed by atoms with van der Waals surface area (Å²) in [7, 11) is 0. The summed E-state index contributed by atoms with van der Waals surface area (Å²) in [5.41, 5.74) is 1.77. The van der Waals surface area contributed by atoms with Gasteiger partial charge in [0.1, 0.15) is 31.0 Å². The number of pyridine rings is 1. The van der Waals surface area contributed by atoms with Gasteiger partial charge in [-0.2, -0.15) is 0 Å². The highest BCUT2D eigenvalue weighted by molar-refractivity contribution is 6.11. The molecule has 37 heavy (non-hydrogen) atoms. The minimum atomic E-state index is -0.850. The number of hydrogen-bond donors (Lipinski definition) is 0. The minimum Gasteiger partial charge on any atom is -0.459 e. The average molecular weight is 508 g/mol. The molecule has 9 heteroatoms. The molecule has 0 saturated carbocycles. The van der Waals surface area contributed by atoms with Gasteiger partial charge in [0.2, 0.25) is 5.78 Å². The smallest absolute Gasteiger partial charge is 0.340 e. The first-order valence-corrected chi connectivity index (χ1v) is 12.4. The van der Waals surface area contributed by atoms with Crippen LogP contribution in [0.3, 0.4) is 0 Å². The summed E-state index contributed by atoms with van der Waals surface area (Å²) in [6, 6.07) is 15.9. The van der Waals surface area contributed by atoms with Crippen LogP contribution in [0.1, 0.15) is 54.1 Å². The number of ether oxygens (including phenoxy) is 6. The van der Waals surface area contributed by atoms with Crippen molar-refractivity contribution in [2.45, 2.75) is 70.0 Å². The van der Waals surface area contributed by atoms with Crippen LogP contribution in [-0.4, -0.2) is 65.0 Å². The molecule has 3 aliphatic rings. The molecule has 3 aliphatic heterocycles. The Bertz CT molecular complexity index is 1350. The minimum absolute atomic E-state index is 0.0847. The molecule has 5 heterocycles. The summed E-state index contributed by atoms with van der Waals surface area (Å²) in [6.07, 6.45) is -0.970. The zero-order valence-electron chi connectivity index (χ0n) is 21.1. The Kier molecular flexibility index (Phi) is 5.74. The third-order valence-electron chi connectivity index (χ3n) is 6.79. The van der Waals surface area contributed by atoms with Crippen LogP contribution in [0.25, 0.3) is 5.52 Å². The Morgan fingerprint density at radius 1 is 0.865 bits per heavy atom. The van der Waals surface area contributed by atoms with Crippen molar-refractivity contribution in [2.75, 3.05) is 6.61 Å². The highest BCUT2D eigenvalue weighted by Gasteiger charge is 2.60. The molecule has 3 saturated heterocycles. The maximum Gasteiger partial charge on any atom is 0.340 e. The van der Waals surface area contributed by atoms with Crippen LogP contribution in [-0.2, 0) is 28.4 Å². The van der Waals surface area contributed by atoms with E-state index in [-0.39, 0.29) is 18.0 Å². The number of benzene rings is 1. The van der Waals surface area contributed by atoms with E-state index in [1.54, 1.807) is 53.1 Å². The Morgan fingerprint density at radius 2 is 1.54 bits per heavy atom. The van der Waals surface area contributed by atoms with Gasteiger partial charge in [-0.05, 0) is 45.9 Å². The maximum absolute atomic E-state index is 13.3. The topological polar surface area (TPSA) is 93.9 Å². The molecule has 0 aliphatic carbocycles. The second-order valence-corrected chi connectivity index (χ2v) is 10.4. The van der Waals surface area contributed by atoms with Crippen molar-refractivity contribution in [2.24, 2.45) is 0 Å². The van der Waals surface area contributed by atoms with E-state index in [1.165, 1.54) is 0 Å². The highest BCUT2D eigenvalue weighted by atomic mass is 16.9. The zero-order valence-corrected chi connectivity index (χ0v) is 21.1. The Labute approximate surface area is 214 Å². The standard InChI is InChI=1S/C28H29NO8/c1-27(2)34-22-20(33-26-24(23(22)35-27)36-28(3,4)37-26)15-32-25(31)17-14-19(29-13-9-8-12-18(17)29)21(30)16-10-6-5-7-11-16/h5-14,20,22-24,26H,15H2,1-4H3/t20-,22+,23+,24-,26-/m1/s1. The van der Waals surface area contributed by atoms with Crippen molar-refractivity contribution >= 4 is 17.3 Å². The molecule has 0 bridgehead atoms. The lowest BCUT2D eigenvalue weighted by Crippen LogP contribution is -2.56. The first kappa shape index (κ1) is 24.3. The number of carbonyl (C=O) groups excluding carboxylic acids is 2. The van der Waals surface area contributed by atoms with Crippen LogP contribution in [0.15, 0.2) is 60.8 Å². The van der Waals surface area contributed by atoms with E-state index in [0.29, 0.717) is 16.8 Å². The first-order chi connectivity index (χ1) is 17.6. The fourth-order valence-corrected chi connectivity index (χ4v) is 5.29. The Hall–Kier alpha value is -3.08. The molecule has 2 aromatic heterocycles.